The van der Waals surface area contributed by atoms with Gasteiger partial charge in [-0.05, 0) is 44.7 Å². The minimum Gasteiger partial charge on any atom is -0.103 e. The van der Waals surface area contributed by atoms with E-state index in [-0.39, 0.29) is 0 Å². The predicted octanol–water partition coefficient (Wildman–Crippen LogP) is 6.39. The van der Waals surface area contributed by atoms with Crippen LogP contribution in [-0.4, -0.2) is 0 Å². The van der Waals surface area contributed by atoms with E-state index in [1.807, 2.05) is 6.08 Å². The van der Waals surface area contributed by atoms with Gasteiger partial charge >= 0.3 is 0 Å². The summed E-state index contributed by atoms with van der Waals surface area (Å²) in [5.41, 5.74) is 3.96. The smallest absolute Gasteiger partial charge is 0.00878 e. The van der Waals surface area contributed by atoms with Crippen molar-refractivity contribution in [3.05, 3.63) is 97.1 Å². The average molecular weight is 294 g/mol. The number of fused-ring (bicyclic) bond motifs is 2. The van der Waals surface area contributed by atoms with Crippen LogP contribution in [-0.2, 0) is 6.42 Å². The highest BCUT2D eigenvalue weighted by molar-refractivity contribution is 6.01. The molecule has 0 saturated heterocycles. The van der Waals surface area contributed by atoms with Gasteiger partial charge in [-0.3, -0.25) is 0 Å². The first-order chi connectivity index (χ1) is 11.4. The molecule has 0 saturated carbocycles. The number of hydrogen-bond donors (Lipinski definition) is 0. The van der Waals surface area contributed by atoms with Crippen molar-refractivity contribution in [2.75, 3.05) is 0 Å². The van der Waals surface area contributed by atoms with Gasteiger partial charge in [0, 0.05) is 0 Å². The second-order valence-corrected chi connectivity index (χ2v) is 5.83. The Hall–Kier alpha value is -2.86. The fourth-order valence-corrected chi connectivity index (χ4v) is 3.41. The van der Waals surface area contributed by atoms with E-state index in [0.717, 1.165) is 6.42 Å². The van der Waals surface area contributed by atoms with Crippen LogP contribution in [0.2, 0.25) is 0 Å². The molecule has 0 bridgehead atoms. The molecule has 23 heavy (non-hydrogen) atoms. The summed E-state index contributed by atoms with van der Waals surface area (Å²) in [4.78, 5) is 0. The molecule has 0 heterocycles. The summed E-state index contributed by atoms with van der Waals surface area (Å²) in [7, 11) is 0. The molecule has 0 amide bonds. The van der Waals surface area contributed by atoms with Gasteiger partial charge in [-0.15, -0.1) is 6.58 Å². The predicted molar refractivity (Wildman–Crippen MR) is 101 cm³/mol. The molecule has 0 aromatic heterocycles. The lowest BCUT2D eigenvalue weighted by Crippen LogP contribution is -1.91. The molecule has 0 N–H and O–H groups in total. The zero-order valence-corrected chi connectivity index (χ0v) is 13.0. The van der Waals surface area contributed by atoms with Gasteiger partial charge in [0.2, 0.25) is 0 Å². The lowest BCUT2D eigenvalue weighted by Gasteiger charge is -2.14. The van der Waals surface area contributed by atoms with Crippen molar-refractivity contribution in [3.63, 3.8) is 0 Å². The fourth-order valence-electron chi connectivity index (χ4n) is 3.41. The Balaban J connectivity index is 2.08. The largest absolute Gasteiger partial charge is 0.103 e. The second kappa shape index (κ2) is 5.73. The van der Waals surface area contributed by atoms with Crippen molar-refractivity contribution in [2.45, 2.75) is 6.42 Å². The summed E-state index contributed by atoms with van der Waals surface area (Å²) in [6.07, 6.45) is 2.87. The van der Waals surface area contributed by atoms with E-state index in [9.17, 15) is 0 Å². The molecule has 0 unspecified atom stereocenters. The molecular formula is C23H18. The third kappa shape index (κ3) is 2.33. The van der Waals surface area contributed by atoms with Gasteiger partial charge in [0.15, 0.2) is 0 Å². The first-order valence-electron chi connectivity index (χ1n) is 7.98. The third-order valence-electron chi connectivity index (χ3n) is 4.47. The first-order valence-corrected chi connectivity index (χ1v) is 7.98. The van der Waals surface area contributed by atoms with Crippen LogP contribution in [0.3, 0.4) is 0 Å². The fraction of sp³-hybridized carbons (Fsp3) is 0.0435. The maximum atomic E-state index is 3.96. The van der Waals surface area contributed by atoms with Crippen molar-refractivity contribution in [1.29, 1.82) is 0 Å². The van der Waals surface area contributed by atoms with Crippen LogP contribution < -0.4 is 0 Å². The molecule has 4 rings (SSSR count). The van der Waals surface area contributed by atoms with Crippen LogP contribution >= 0.6 is 0 Å². The highest BCUT2D eigenvalue weighted by Gasteiger charge is 2.10. The lowest BCUT2D eigenvalue weighted by atomic mass is 9.90. The molecule has 0 aliphatic heterocycles. The minimum atomic E-state index is 0.875. The van der Waals surface area contributed by atoms with E-state index >= 15 is 0 Å². The van der Waals surface area contributed by atoms with Crippen LogP contribution in [0.15, 0.2) is 91.5 Å². The summed E-state index contributed by atoms with van der Waals surface area (Å²) in [5, 5.41) is 5.18. The summed E-state index contributed by atoms with van der Waals surface area (Å²) in [6.45, 7) is 3.96. The Morgan fingerprint density at radius 3 is 2.04 bits per heavy atom. The Kier molecular flexibility index (Phi) is 3.44. The van der Waals surface area contributed by atoms with Gasteiger partial charge in [-0.1, -0.05) is 84.9 Å². The lowest BCUT2D eigenvalue weighted by molar-refractivity contribution is 1.31. The second-order valence-electron chi connectivity index (χ2n) is 5.83. The van der Waals surface area contributed by atoms with E-state index in [0.29, 0.717) is 0 Å². The normalized spacial score (nSPS) is 11.0. The highest BCUT2D eigenvalue weighted by atomic mass is 14.1. The Bertz CT molecular complexity index is 1000. The molecule has 0 radical (unpaired) electrons. The molecule has 0 nitrogen and oxygen atoms in total. The maximum Gasteiger partial charge on any atom is -0.00878 e. The highest BCUT2D eigenvalue weighted by Crippen LogP contribution is 2.35. The van der Waals surface area contributed by atoms with Crippen LogP contribution in [0, 0.1) is 0 Å². The summed E-state index contributed by atoms with van der Waals surface area (Å²) < 4.78 is 0. The van der Waals surface area contributed by atoms with E-state index < -0.39 is 0 Å². The van der Waals surface area contributed by atoms with Crippen LogP contribution in [0.1, 0.15) is 5.56 Å². The third-order valence-corrected chi connectivity index (χ3v) is 4.47. The summed E-state index contributed by atoms with van der Waals surface area (Å²) in [6, 6.07) is 28.2. The van der Waals surface area contributed by atoms with Gasteiger partial charge in [0.25, 0.3) is 0 Å². The topological polar surface area (TPSA) is 0 Å². The summed E-state index contributed by atoms with van der Waals surface area (Å²) in [5.74, 6) is 0. The molecule has 0 atom stereocenters. The van der Waals surface area contributed by atoms with Crippen molar-refractivity contribution in [1.82, 2.24) is 0 Å². The van der Waals surface area contributed by atoms with Gasteiger partial charge in [-0.2, -0.15) is 0 Å². The Labute approximate surface area is 136 Å². The van der Waals surface area contributed by atoms with E-state index in [2.05, 4.69) is 85.4 Å². The SMILES string of the molecule is C=CCc1c(-c2cccc3ccccc23)ccc2ccccc12. The minimum absolute atomic E-state index is 0.875. The van der Waals surface area contributed by atoms with Gasteiger partial charge < -0.3 is 0 Å². The Morgan fingerprint density at radius 2 is 1.26 bits per heavy atom. The van der Waals surface area contributed by atoms with Crippen molar-refractivity contribution in [2.24, 2.45) is 0 Å². The number of hydrogen-bond acceptors (Lipinski definition) is 0. The van der Waals surface area contributed by atoms with Crippen molar-refractivity contribution in [3.8, 4) is 11.1 Å². The van der Waals surface area contributed by atoms with E-state index in [1.165, 1.54) is 38.2 Å². The number of benzene rings is 4. The van der Waals surface area contributed by atoms with Crippen LogP contribution in [0.4, 0.5) is 0 Å². The standard InChI is InChI=1S/C23H18/c1-2-8-21-20-13-6-4-10-18(20)15-16-23(21)22-14-7-11-17-9-3-5-12-19(17)22/h2-7,9-16H,1,8H2. The van der Waals surface area contributed by atoms with Gasteiger partial charge in [-0.25, -0.2) is 0 Å². The van der Waals surface area contributed by atoms with E-state index in [1.54, 1.807) is 0 Å². The molecule has 0 fully saturated rings. The first kappa shape index (κ1) is 13.8. The molecule has 0 aliphatic rings. The molecule has 0 spiro atoms. The molecule has 4 aromatic rings. The van der Waals surface area contributed by atoms with Crippen LogP contribution in [0.5, 0.6) is 0 Å². The van der Waals surface area contributed by atoms with E-state index in [4.69, 9.17) is 0 Å². The number of rotatable bonds is 3. The molecule has 0 aliphatic carbocycles. The molecule has 4 aromatic carbocycles. The quantitative estimate of drug-likeness (QED) is 0.384. The van der Waals surface area contributed by atoms with Crippen molar-refractivity contribution >= 4 is 21.5 Å². The van der Waals surface area contributed by atoms with Crippen molar-refractivity contribution < 1.29 is 0 Å². The molecule has 0 heteroatoms. The zero-order chi connectivity index (χ0) is 15.6. The monoisotopic (exact) mass is 294 g/mol. The Morgan fingerprint density at radius 1 is 0.609 bits per heavy atom. The van der Waals surface area contributed by atoms with Gasteiger partial charge in [0.05, 0.1) is 0 Å². The molecule has 110 valence electrons. The summed E-state index contributed by atoms with van der Waals surface area (Å²) >= 11 is 0. The number of allylic oxidation sites excluding steroid dienone is 1. The maximum absolute atomic E-state index is 3.96. The van der Waals surface area contributed by atoms with Gasteiger partial charge in [0.1, 0.15) is 0 Å². The van der Waals surface area contributed by atoms with Crippen LogP contribution in [0.25, 0.3) is 32.7 Å². The molecular weight excluding hydrogens is 276 g/mol. The average Bonchev–Trinajstić information content (AvgIpc) is 2.62. The zero-order valence-electron chi connectivity index (χ0n) is 13.0.